The lowest BCUT2D eigenvalue weighted by Crippen LogP contribution is -2.27. The third-order valence-corrected chi connectivity index (χ3v) is 2.60. The molecule has 20 heavy (non-hydrogen) atoms. The van der Waals surface area contributed by atoms with Gasteiger partial charge in [0.25, 0.3) is 0 Å². The molecule has 1 amide bonds. The van der Waals surface area contributed by atoms with E-state index in [1.165, 1.54) is 10.9 Å². The molecule has 0 saturated carbocycles. The zero-order chi connectivity index (χ0) is 15.3. The summed E-state index contributed by atoms with van der Waals surface area (Å²) in [6.07, 6.45) is -1.60. The van der Waals surface area contributed by atoms with E-state index in [0.717, 1.165) is 0 Å². The van der Waals surface area contributed by atoms with Crippen LogP contribution >= 0.6 is 11.6 Å². The summed E-state index contributed by atoms with van der Waals surface area (Å²) in [7, 11) is 0. The molecule has 0 aliphatic heterocycles. The zero-order valence-electron chi connectivity index (χ0n) is 11.6. The van der Waals surface area contributed by atoms with Crippen molar-refractivity contribution < 1.29 is 18.3 Å². The van der Waals surface area contributed by atoms with Crippen molar-refractivity contribution in [1.82, 2.24) is 9.78 Å². The van der Waals surface area contributed by atoms with Crippen LogP contribution in [0.1, 0.15) is 33.6 Å². The van der Waals surface area contributed by atoms with Gasteiger partial charge < -0.3 is 4.74 Å². The number of aromatic nitrogens is 2. The van der Waals surface area contributed by atoms with Crippen LogP contribution < -0.4 is 5.32 Å². The minimum atomic E-state index is -2.34. The average Bonchev–Trinajstić information content (AvgIpc) is 2.58. The highest BCUT2D eigenvalue weighted by molar-refractivity contribution is 6.32. The fourth-order valence-corrected chi connectivity index (χ4v) is 1.64. The van der Waals surface area contributed by atoms with Gasteiger partial charge in [-0.05, 0) is 27.2 Å². The highest BCUT2D eigenvalue weighted by Crippen LogP contribution is 2.22. The third-order valence-electron chi connectivity index (χ3n) is 2.20. The van der Waals surface area contributed by atoms with Crippen molar-refractivity contribution in [2.24, 2.45) is 0 Å². The van der Waals surface area contributed by atoms with E-state index in [0.29, 0.717) is 0 Å². The summed E-state index contributed by atoms with van der Waals surface area (Å²) in [5, 5.41) is 6.58. The number of alkyl halides is 2. The predicted octanol–water partition coefficient (Wildman–Crippen LogP) is 3.93. The number of anilines is 1. The van der Waals surface area contributed by atoms with Crippen molar-refractivity contribution in [2.45, 2.75) is 52.2 Å². The molecular formula is C12H18ClF2N3O2. The van der Waals surface area contributed by atoms with Gasteiger partial charge in [-0.1, -0.05) is 11.6 Å². The van der Waals surface area contributed by atoms with Gasteiger partial charge in [0.1, 0.15) is 11.3 Å². The monoisotopic (exact) mass is 309 g/mol. The number of aryl methyl sites for hydroxylation is 1. The molecule has 1 heterocycles. The Morgan fingerprint density at radius 2 is 2.20 bits per heavy atom. The Morgan fingerprint density at radius 3 is 2.75 bits per heavy atom. The molecule has 0 fully saturated rings. The second-order valence-corrected chi connectivity index (χ2v) is 5.59. The smallest absolute Gasteiger partial charge is 0.412 e. The Bertz CT molecular complexity index is 458. The van der Waals surface area contributed by atoms with E-state index in [1.807, 2.05) is 0 Å². The molecule has 8 heteroatoms. The average molecular weight is 310 g/mol. The van der Waals surface area contributed by atoms with Crippen molar-refractivity contribution in [3.05, 3.63) is 11.3 Å². The second kappa shape index (κ2) is 6.88. The second-order valence-electron chi connectivity index (χ2n) is 5.23. The number of halogens is 3. The molecule has 1 aromatic rings. The minimum Gasteiger partial charge on any atom is -0.444 e. The molecule has 0 spiro atoms. The molecule has 0 atom stereocenters. The molecule has 1 N–H and O–H groups in total. The van der Waals surface area contributed by atoms with Gasteiger partial charge in [0.15, 0.2) is 5.15 Å². The summed E-state index contributed by atoms with van der Waals surface area (Å²) in [5.41, 5.74) is -0.331. The summed E-state index contributed by atoms with van der Waals surface area (Å²) < 4.78 is 30.5. The third kappa shape index (κ3) is 5.73. The van der Waals surface area contributed by atoms with Crippen molar-refractivity contribution >= 4 is 23.4 Å². The molecule has 1 aromatic heterocycles. The van der Waals surface area contributed by atoms with E-state index in [1.54, 1.807) is 20.8 Å². The Hall–Kier alpha value is -1.37. The van der Waals surface area contributed by atoms with E-state index >= 15 is 0 Å². The SMILES string of the molecule is CC(C)(C)OC(=O)Nc1cnn(CCCC(F)F)c1Cl. The van der Waals surface area contributed by atoms with Crippen LogP contribution in [-0.2, 0) is 11.3 Å². The lowest BCUT2D eigenvalue weighted by atomic mass is 10.2. The number of ether oxygens (including phenoxy) is 1. The number of carbonyl (C=O) groups is 1. The van der Waals surface area contributed by atoms with Crippen LogP contribution in [0.4, 0.5) is 19.3 Å². The number of amides is 1. The number of hydrogen-bond donors (Lipinski definition) is 1. The van der Waals surface area contributed by atoms with Gasteiger partial charge in [0, 0.05) is 13.0 Å². The number of nitrogens with zero attached hydrogens (tertiary/aromatic N) is 2. The standard InChI is InChI=1S/C12H18ClF2N3O2/c1-12(2,3)20-11(19)17-8-7-16-18(10(8)13)6-4-5-9(14)15/h7,9H,4-6H2,1-3H3,(H,17,19). The first kappa shape index (κ1) is 16.7. The predicted molar refractivity (Wildman–Crippen MR) is 72.3 cm³/mol. The quantitative estimate of drug-likeness (QED) is 0.896. The van der Waals surface area contributed by atoms with Crippen molar-refractivity contribution in [3.8, 4) is 0 Å². The summed E-state index contributed by atoms with van der Waals surface area (Å²) in [6.45, 7) is 5.48. The van der Waals surface area contributed by atoms with E-state index in [4.69, 9.17) is 16.3 Å². The Morgan fingerprint density at radius 1 is 1.55 bits per heavy atom. The highest BCUT2D eigenvalue weighted by Gasteiger charge is 2.18. The van der Waals surface area contributed by atoms with E-state index in [9.17, 15) is 13.6 Å². The first-order chi connectivity index (χ1) is 9.19. The molecule has 0 saturated heterocycles. The van der Waals surface area contributed by atoms with Crippen LogP contribution in [0.25, 0.3) is 0 Å². The number of rotatable bonds is 5. The van der Waals surface area contributed by atoms with Crippen LogP contribution in [0.5, 0.6) is 0 Å². The van der Waals surface area contributed by atoms with Crippen molar-refractivity contribution in [1.29, 1.82) is 0 Å². The van der Waals surface area contributed by atoms with Gasteiger partial charge in [-0.15, -0.1) is 0 Å². The fourth-order valence-electron chi connectivity index (χ4n) is 1.42. The molecule has 114 valence electrons. The zero-order valence-corrected chi connectivity index (χ0v) is 12.4. The molecule has 0 radical (unpaired) electrons. The number of nitrogens with one attached hydrogen (secondary N) is 1. The Kier molecular flexibility index (Phi) is 5.74. The summed E-state index contributed by atoms with van der Waals surface area (Å²) in [6, 6.07) is 0. The van der Waals surface area contributed by atoms with E-state index < -0.39 is 18.1 Å². The van der Waals surface area contributed by atoms with Crippen LogP contribution in [0.15, 0.2) is 6.20 Å². The van der Waals surface area contributed by atoms with Gasteiger partial charge in [0.05, 0.1) is 6.20 Å². The summed E-state index contributed by atoms with van der Waals surface area (Å²) >= 11 is 6.00. The van der Waals surface area contributed by atoms with Gasteiger partial charge in [-0.2, -0.15) is 5.10 Å². The van der Waals surface area contributed by atoms with Gasteiger partial charge in [-0.3, -0.25) is 10.00 Å². The molecule has 0 bridgehead atoms. The van der Waals surface area contributed by atoms with Crippen LogP contribution in [0.3, 0.4) is 0 Å². The molecular weight excluding hydrogens is 292 g/mol. The minimum absolute atomic E-state index is 0.185. The molecule has 0 aliphatic carbocycles. The maximum absolute atomic E-state index is 12.0. The normalized spacial score (nSPS) is 11.8. The Labute approximate surface area is 121 Å². The van der Waals surface area contributed by atoms with Crippen LogP contribution in [0, 0.1) is 0 Å². The first-order valence-electron chi connectivity index (χ1n) is 6.18. The largest absolute Gasteiger partial charge is 0.444 e. The molecule has 0 unspecified atom stereocenters. The van der Waals surface area contributed by atoms with E-state index in [2.05, 4.69) is 10.4 Å². The maximum Gasteiger partial charge on any atom is 0.412 e. The van der Waals surface area contributed by atoms with Gasteiger partial charge in [0.2, 0.25) is 6.43 Å². The lowest BCUT2D eigenvalue weighted by Gasteiger charge is -2.19. The lowest BCUT2D eigenvalue weighted by molar-refractivity contribution is 0.0636. The number of hydrogen-bond acceptors (Lipinski definition) is 3. The van der Waals surface area contributed by atoms with Gasteiger partial charge >= 0.3 is 6.09 Å². The van der Waals surface area contributed by atoms with Crippen molar-refractivity contribution in [3.63, 3.8) is 0 Å². The highest BCUT2D eigenvalue weighted by atomic mass is 35.5. The van der Waals surface area contributed by atoms with Gasteiger partial charge in [-0.25, -0.2) is 13.6 Å². The molecule has 5 nitrogen and oxygen atoms in total. The summed E-state index contributed by atoms with van der Waals surface area (Å²) in [5.74, 6) is 0. The van der Waals surface area contributed by atoms with Crippen LogP contribution in [0.2, 0.25) is 5.15 Å². The van der Waals surface area contributed by atoms with Crippen molar-refractivity contribution in [2.75, 3.05) is 5.32 Å². The topological polar surface area (TPSA) is 56.1 Å². The molecule has 0 aliphatic rings. The molecule has 0 aromatic carbocycles. The Balaban J connectivity index is 2.56. The summed E-state index contributed by atoms with van der Waals surface area (Å²) in [4.78, 5) is 11.6. The van der Waals surface area contributed by atoms with Crippen LogP contribution in [-0.4, -0.2) is 27.9 Å². The maximum atomic E-state index is 12.0. The van der Waals surface area contributed by atoms with E-state index in [-0.39, 0.29) is 30.2 Å². The first-order valence-corrected chi connectivity index (χ1v) is 6.56. The fraction of sp³-hybridized carbons (Fsp3) is 0.667. The molecule has 1 rings (SSSR count). The number of carbonyl (C=O) groups excluding carboxylic acids is 1.